The van der Waals surface area contributed by atoms with Gasteiger partial charge in [0, 0.05) is 12.0 Å². The van der Waals surface area contributed by atoms with Crippen LogP contribution >= 0.6 is 0 Å². The third kappa shape index (κ3) is 1.28. The maximum Gasteiger partial charge on any atom is 0.330 e. The molecule has 2 unspecified atom stereocenters. The van der Waals surface area contributed by atoms with Crippen LogP contribution in [0, 0.1) is 5.92 Å². The van der Waals surface area contributed by atoms with Gasteiger partial charge in [0.2, 0.25) is 0 Å². The lowest BCUT2D eigenvalue weighted by Crippen LogP contribution is -2.53. The zero-order valence-electron chi connectivity index (χ0n) is 8.95. The molecule has 0 saturated heterocycles. The summed E-state index contributed by atoms with van der Waals surface area (Å²) in [6.07, 6.45) is 3.25. The lowest BCUT2D eigenvalue weighted by Gasteiger charge is -2.35. The Hall–Kier alpha value is -1.29. The van der Waals surface area contributed by atoms with Crippen LogP contribution in [-0.2, 0) is 21.5 Å². The first kappa shape index (κ1) is 10.2. The smallest absolute Gasteiger partial charge is 0.330 e. The van der Waals surface area contributed by atoms with Crippen LogP contribution in [0.4, 0.5) is 0 Å². The predicted molar refractivity (Wildman–Crippen MR) is 54.1 cm³/mol. The fourth-order valence-electron chi connectivity index (χ4n) is 2.22. The molecule has 1 aliphatic carbocycles. The van der Waals surface area contributed by atoms with Gasteiger partial charge in [0.15, 0.2) is 0 Å². The molecule has 15 heavy (non-hydrogen) atoms. The highest BCUT2D eigenvalue weighted by Gasteiger charge is 2.47. The van der Waals surface area contributed by atoms with Crippen LogP contribution in [-0.4, -0.2) is 13.1 Å². The zero-order valence-corrected chi connectivity index (χ0v) is 8.95. The molecule has 4 nitrogen and oxygen atoms in total. The van der Waals surface area contributed by atoms with Crippen molar-refractivity contribution in [2.24, 2.45) is 11.7 Å². The zero-order chi connectivity index (χ0) is 11.1. The van der Waals surface area contributed by atoms with E-state index in [9.17, 15) is 4.79 Å². The lowest BCUT2D eigenvalue weighted by molar-refractivity contribution is -0.150. The Morgan fingerprint density at radius 1 is 1.73 bits per heavy atom. The van der Waals surface area contributed by atoms with Gasteiger partial charge in [-0.3, -0.25) is 0 Å². The van der Waals surface area contributed by atoms with E-state index >= 15 is 0 Å². The molecular formula is C11H15NO3. The van der Waals surface area contributed by atoms with E-state index in [1.807, 2.05) is 6.92 Å². The highest BCUT2D eigenvalue weighted by molar-refractivity contribution is 5.83. The van der Waals surface area contributed by atoms with Crippen molar-refractivity contribution in [1.82, 2.24) is 0 Å². The van der Waals surface area contributed by atoms with E-state index in [0.717, 1.165) is 24.2 Å². The quantitative estimate of drug-likeness (QED) is 0.705. The molecule has 4 heteroatoms. The van der Waals surface area contributed by atoms with Crippen molar-refractivity contribution < 1.29 is 13.9 Å². The second kappa shape index (κ2) is 3.38. The number of methoxy groups -OCH3 is 1. The minimum atomic E-state index is -1.05. The number of aryl methyl sites for hydroxylation is 1. The minimum Gasteiger partial charge on any atom is -0.469 e. The Morgan fingerprint density at radius 3 is 3.13 bits per heavy atom. The van der Waals surface area contributed by atoms with Gasteiger partial charge in [-0.05, 0) is 18.4 Å². The van der Waals surface area contributed by atoms with Crippen molar-refractivity contribution >= 4 is 5.97 Å². The molecule has 1 heterocycles. The van der Waals surface area contributed by atoms with Crippen LogP contribution in [0.25, 0.3) is 0 Å². The van der Waals surface area contributed by atoms with E-state index in [1.165, 1.54) is 7.11 Å². The fraction of sp³-hybridized carbons (Fsp3) is 0.545. The van der Waals surface area contributed by atoms with Gasteiger partial charge in [0.25, 0.3) is 0 Å². The van der Waals surface area contributed by atoms with Gasteiger partial charge in [-0.1, -0.05) is 6.92 Å². The minimum absolute atomic E-state index is 0.0649. The number of ether oxygens (including phenoxy) is 1. The van der Waals surface area contributed by atoms with Crippen LogP contribution in [0.15, 0.2) is 16.7 Å². The van der Waals surface area contributed by atoms with Crippen molar-refractivity contribution in [3.05, 3.63) is 23.7 Å². The summed E-state index contributed by atoms with van der Waals surface area (Å²) in [6.45, 7) is 1.97. The monoisotopic (exact) mass is 209 g/mol. The first-order chi connectivity index (χ1) is 7.10. The van der Waals surface area contributed by atoms with Gasteiger partial charge >= 0.3 is 5.97 Å². The number of esters is 1. The van der Waals surface area contributed by atoms with Gasteiger partial charge in [0.05, 0.1) is 13.4 Å². The fourth-order valence-corrected chi connectivity index (χ4v) is 2.22. The molecular weight excluding hydrogens is 194 g/mol. The van der Waals surface area contributed by atoms with Gasteiger partial charge in [-0.25, -0.2) is 4.79 Å². The number of fused-ring (bicyclic) bond motifs is 1. The van der Waals surface area contributed by atoms with E-state index < -0.39 is 11.5 Å². The molecule has 0 amide bonds. The number of hydrogen-bond acceptors (Lipinski definition) is 4. The largest absolute Gasteiger partial charge is 0.469 e. The number of furan rings is 1. The Morgan fingerprint density at radius 2 is 2.47 bits per heavy atom. The summed E-state index contributed by atoms with van der Waals surface area (Å²) in [5, 5.41) is 0. The Balaban J connectivity index is 2.51. The average Bonchev–Trinajstić information content (AvgIpc) is 2.71. The summed E-state index contributed by atoms with van der Waals surface area (Å²) >= 11 is 0. The molecule has 2 N–H and O–H groups in total. The third-order valence-corrected chi connectivity index (χ3v) is 3.30. The summed E-state index contributed by atoms with van der Waals surface area (Å²) in [5.41, 5.74) is 5.90. The van der Waals surface area contributed by atoms with Crippen molar-refractivity contribution in [2.45, 2.75) is 25.3 Å². The Bertz CT molecular complexity index is 385. The van der Waals surface area contributed by atoms with Gasteiger partial charge in [0.1, 0.15) is 11.3 Å². The number of carbonyl (C=O) groups is 1. The molecule has 1 aromatic heterocycles. The second-order valence-electron chi connectivity index (χ2n) is 4.06. The van der Waals surface area contributed by atoms with Crippen LogP contribution in [0.1, 0.15) is 24.7 Å². The molecule has 0 radical (unpaired) electrons. The number of nitrogens with two attached hydrogens (primary N) is 1. The van der Waals surface area contributed by atoms with Crippen molar-refractivity contribution in [3.63, 3.8) is 0 Å². The number of carbonyl (C=O) groups excluding carboxylic acids is 1. The van der Waals surface area contributed by atoms with Crippen LogP contribution in [0.5, 0.6) is 0 Å². The second-order valence-corrected chi connectivity index (χ2v) is 4.06. The lowest BCUT2D eigenvalue weighted by atomic mass is 9.73. The van der Waals surface area contributed by atoms with Crippen LogP contribution < -0.4 is 5.73 Å². The van der Waals surface area contributed by atoms with Crippen molar-refractivity contribution in [3.8, 4) is 0 Å². The SMILES string of the molecule is COC(=O)C1(N)c2ccoc2CCC1C. The summed E-state index contributed by atoms with van der Waals surface area (Å²) in [6, 6.07) is 1.77. The molecule has 0 aliphatic heterocycles. The van der Waals surface area contributed by atoms with E-state index in [0.29, 0.717) is 0 Å². The van der Waals surface area contributed by atoms with E-state index in [-0.39, 0.29) is 5.92 Å². The Kier molecular flexibility index (Phi) is 2.31. The standard InChI is InChI=1S/C11H15NO3/c1-7-3-4-9-8(5-6-15-9)11(7,12)10(13)14-2/h5-7H,3-4,12H2,1-2H3. The first-order valence-corrected chi connectivity index (χ1v) is 5.04. The first-order valence-electron chi connectivity index (χ1n) is 5.04. The predicted octanol–water partition coefficient (Wildman–Crippen LogP) is 1.19. The molecule has 0 fully saturated rings. The molecule has 1 aromatic rings. The molecule has 2 rings (SSSR count). The van der Waals surface area contributed by atoms with Gasteiger partial charge in [-0.2, -0.15) is 0 Å². The molecule has 0 saturated carbocycles. The number of rotatable bonds is 1. The third-order valence-electron chi connectivity index (χ3n) is 3.30. The Labute approximate surface area is 88.4 Å². The van der Waals surface area contributed by atoms with E-state index in [4.69, 9.17) is 14.9 Å². The van der Waals surface area contributed by atoms with Crippen LogP contribution in [0.3, 0.4) is 0 Å². The van der Waals surface area contributed by atoms with Crippen molar-refractivity contribution in [2.75, 3.05) is 7.11 Å². The molecule has 0 spiro atoms. The maximum absolute atomic E-state index is 11.8. The highest BCUT2D eigenvalue weighted by Crippen LogP contribution is 2.39. The van der Waals surface area contributed by atoms with Gasteiger partial charge in [-0.15, -0.1) is 0 Å². The summed E-state index contributed by atoms with van der Waals surface area (Å²) < 4.78 is 10.1. The summed E-state index contributed by atoms with van der Waals surface area (Å²) in [5.74, 6) is 0.480. The topological polar surface area (TPSA) is 65.5 Å². The van der Waals surface area contributed by atoms with Crippen molar-refractivity contribution in [1.29, 1.82) is 0 Å². The summed E-state index contributed by atoms with van der Waals surface area (Å²) in [7, 11) is 1.36. The molecule has 0 aromatic carbocycles. The van der Waals surface area contributed by atoms with E-state index in [1.54, 1.807) is 12.3 Å². The average molecular weight is 209 g/mol. The highest BCUT2D eigenvalue weighted by atomic mass is 16.5. The summed E-state index contributed by atoms with van der Waals surface area (Å²) in [4.78, 5) is 11.8. The van der Waals surface area contributed by atoms with Crippen LogP contribution in [0.2, 0.25) is 0 Å². The molecule has 82 valence electrons. The normalized spacial score (nSPS) is 29.7. The van der Waals surface area contributed by atoms with Gasteiger partial charge < -0.3 is 14.9 Å². The molecule has 0 bridgehead atoms. The maximum atomic E-state index is 11.8. The molecule has 2 atom stereocenters. The number of hydrogen-bond donors (Lipinski definition) is 1. The molecule has 1 aliphatic rings. The van der Waals surface area contributed by atoms with E-state index in [2.05, 4.69) is 0 Å².